The van der Waals surface area contributed by atoms with Crippen LogP contribution in [0.2, 0.25) is 0 Å². The molecule has 0 radical (unpaired) electrons. The maximum Gasteiger partial charge on any atom is 0.229 e. The second-order valence-corrected chi connectivity index (χ2v) is 7.66. The summed E-state index contributed by atoms with van der Waals surface area (Å²) in [6.45, 7) is 1.81. The molecule has 2 N–H and O–H groups in total. The maximum atomic E-state index is 14.8. The number of carbonyl (C=O) groups is 1. The van der Waals surface area contributed by atoms with Gasteiger partial charge in [-0.3, -0.25) is 9.69 Å². The van der Waals surface area contributed by atoms with Gasteiger partial charge in [-0.05, 0) is 31.5 Å². The number of hydrogen-bond donors (Lipinski definition) is 1. The third-order valence-electron chi connectivity index (χ3n) is 5.65. The highest BCUT2D eigenvalue weighted by Crippen LogP contribution is 2.37. The lowest BCUT2D eigenvalue weighted by Gasteiger charge is -2.40. The fourth-order valence-corrected chi connectivity index (χ4v) is 3.91. The van der Waals surface area contributed by atoms with Gasteiger partial charge in [0.25, 0.3) is 0 Å². The molecule has 7 nitrogen and oxygen atoms in total. The minimum Gasteiger partial charge on any atom is -0.385 e. The van der Waals surface area contributed by atoms with Crippen molar-refractivity contribution in [3.05, 3.63) is 52.6 Å². The van der Waals surface area contributed by atoms with Crippen molar-refractivity contribution >= 4 is 6.29 Å². The minimum absolute atomic E-state index is 0.0781. The summed E-state index contributed by atoms with van der Waals surface area (Å²) >= 11 is 0. The molecule has 0 bridgehead atoms. The lowest BCUT2D eigenvalue weighted by molar-refractivity contribution is -0.171. The van der Waals surface area contributed by atoms with E-state index in [1.807, 2.05) is 11.8 Å². The first kappa shape index (κ1) is 27.8. The SMILES string of the molecule is CCOC.Cn1c(C=O)nc2c1CN(C1CC(N)[C@@H](c3cc(F)ccc3F)O[C@@H]1F)C2.FCF. The predicted octanol–water partition coefficient (Wildman–Crippen LogP) is 3.52. The molecule has 4 rings (SSSR count). The van der Waals surface area contributed by atoms with Crippen molar-refractivity contribution in [3.63, 3.8) is 0 Å². The number of nitrogens with zero attached hydrogens (tertiary/aromatic N) is 3. The van der Waals surface area contributed by atoms with Crippen LogP contribution in [-0.4, -0.2) is 59.8 Å². The van der Waals surface area contributed by atoms with Gasteiger partial charge in [0.2, 0.25) is 13.3 Å². The lowest BCUT2D eigenvalue weighted by Crippen LogP contribution is -2.51. The van der Waals surface area contributed by atoms with Gasteiger partial charge >= 0.3 is 0 Å². The average molecular weight is 492 g/mol. The zero-order chi connectivity index (χ0) is 25.4. The van der Waals surface area contributed by atoms with E-state index in [9.17, 15) is 26.7 Å². The minimum atomic E-state index is -1.75. The van der Waals surface area contributed by atoms with Crippen molar-refractivity contribution < 1.29 is 36.2 Å². The van der Waals surface area contributed by atoms with E-state index < -0.39 is 43.1 Å². The molecule has 1 fully saturated rings. The maximum absolute atomic E-state index is 14.8. The Balaban J connectivity index is 0.000000519. The number of methoxy groups -OCH3 is 1. The van der Waals surface area contributed by atoms with E-state index >= 15 is 0 Å². The zero-order valence-electron chi connectivity index (χ0n) is 19.2. The Morgan fingerprint density at radius 3 is 2.50 bits per heavy atom. The quantitative estimate of drug-likeness (QED) is 0.520. The van der Waals surface area contributed by atoms with E-state index in [0.29, 0.717) is 25.2 Å². The Labute approximate surface area is 194 Å². The van der Waals surface area contributed by atoms with Crippen molar-refractivity contribution in [2.24, 2.45) is 12.8 Å². The van der Waals surface area contributed by atoms with Crippen molar-refractivity contribution in [3.8, 4) is 0 Å². The molecule has 4 atom stereocenters. The van der Waals surface area contributed by atoms with Gasteiger partial charge < -0.3 is 19.8 Å². The standard InChI is InChI=1S/C18H19F3N4O2.C3H8O.CH2F2/c1-24-15-7-25(6-13(15)23-16(24)8-26)14-5-12(22)17(27-18(14)21)10-4-9(19)2-3-11(10)20;1-3-4-2;2-1-3/h2-4,8,12,14,17-18H,5-7,22H2,1H3;3H2,1-2H3;1H2/t12?,14?,17-,18+;;/m1../s1. The van der Waals surface area contributed by atoms with Gasteiger partial charge in [0.15, 0.2) is 12.1 Å². The number of rotatable bonds is 4. The number of aldehydes is 1. The predicted molar refractivity (Wildman–Crippen MR) is 114 cm³/mol. The molecule has 2 aromatic rings. The summed E-state index contributed by atoms with van der Waals surface area (Å²) in [6.07, 6.45) is -1.87. The van der Waals surface area contributed by atoms with Crippen LogP contribution in [0, 0.1) is 11.6 Å². The van der Waals surface area contributed by atoms with E-state index in [4.69, 9.17) is 10.5 Å². The van der Waals surface area contributed by atoms with Gasteiger partial charge in [-0.2, -0.15) is 0 Å². The van der Waals surface area contributed by atoms with Crippen molar-refractivity contribution in [2.75, 3.05) is 20.6 Å². The Hall–Kier alpha value is -2.41. The number of hydrogen-bond acceptors (Lipinski definition) is 6. The van der Waals surface area contributed by atoms with Gasteiger partial charge in [-0.1, -0.05) is 0 Å². The molecule has 0 aliphatic carbocycles. The lowest BCUT2D eigenvalue weighted by atomic mass is 9.93. The number of nitrogens with two attached hydrogens (primary N) is 1. The van der Waals surface area contributed by atoms with E-state index in [2.05, 4.69) is 9.72 Å². The summed E-state index contributed by atoms with van der Waals surface area (Å²) in [6, 6.07) is 1.63. The van der Waals surface area contributed by atoms with Crippen molar-refractivity contribution in [2.45, 2.75) is 51.0 Å². The molecule has 1 saturated heterocycles. The Kier molecular flexibility index (Phi) is 10.5. The molecular formula is C22H29F5N4O3. The smallest absolute Gasteiger partial charge is 0.229 e. The first-order valence-corrected chi connectivity index (χ1v) is 10.6. The molecule has 3 heterocycles. The highest BCUT2D eigenvalue weighted by Gasteiger charge is 2.43. The molecule has 190 valence electrons. The Morgan fingerprint density at radius 2 is 1.94 bits per heavy atom. The highest BCUT2D eigenvalue weighted by atomic mass is 19.3. The third-order valence-corrected chi connectivity index (χ3v) is 5.65. The fraction of sp³-hybridized carbons (Fsp3) is 0.545. The van der Waals surface area contributed by atoms with Gasteiger partial charge in [0, 0.05) is 45.5 Å². The van der Waals surface area contributed by atoms with Crippen LogP contribution in [0.4, 0.5) is 22.0 Å². The van der Waals surface area contributed by atoms with Gasteiger partial charge in [-0.25, -0.2) is 26.9 Å². The molecule has 12 heteroatoms. The second-order valence-electron chi connectivity index (χ2n) is 7.66. The number of aromatic nitrogens is 2. The van der Waals surface area contributed by atoms with E-state index in [1.165, 1.54) is 0 Å². The van der Waals surface area contributed by atoms with Crippen LogP contribution in [0.5, 0.6) is 0 Å². The number of carbonyl (C=O) groups excluding carboxylic acids is 1. The first-order valence-electron chi connectivity index (χ1n) is 10.6. The first-order chi connectivity index (χ1) is 16.2. The van der Waals surface area contributed by atoms with Gasteiger partial charge in [0.1, 0.15) is 17.7 Å². The molecule has 1 aromatic carbocycles. The van der Waals surface area contributed by atoms with Crippen molar-refractivity contribution in [1.82, 2.24) is 14.5 Å². The number of imidazole rings is 1. The van der Waals surface area contributed by atoms with Crippen LogP contribution in [-0.2, 0) is 29.6 Å². The van der Waals surface area contributed by atoms with Crippen molar-refractivity contribution in [1.29, 1.82) is 0 Å². The Morgan fingerprint density at radius 1 is 1.29 bits per heavy atom. The monoisotopic (exact) mass is 492 g/mol. The summed E-state index contributed by atoms with van der Waals surface area (Å²) in [5.41, 5.74) is 7.62. The summed E-state index contributed by atoms with van der Waals surface area (Å²) < 4.78 is 73.1. The fourth-order valence-electron chi connectivity index (χ4n) is 3.91. The summed E-state index contributed by atoms with van der Waals surface area (Å²) in [5, 5.41) is 0. The highest BCUT2D eigenvalue weighted by molar-refractivity contribution is 5.70. The summed E-state index contributed by atoms with van der Waals surface area (Å²) in [7, 11) is 3.41. The number of alkyl halides is 3. The molecule has 2 aliphatic rings. The zero-order valence-corrected chi connectivity index (χ0v) is 19.2. The molecular weight excluding hydrogens is 463 g/mol. The molecule has 2 aliphatic heterocycles. The number of halogens is 5. The topological polar surface area (TPSA) is 82.6 Å². The molecule has 0 spiro atoms. The van der Waals surface area contributed by atoms with E-state index in [1.54, 1.807) is 18.7 Å². The summed E-state index contributed by atoms with van der Waals surface area (Å²) in [4.78, 5) is 17.1. The third kappa shape index (κ3) is 6.38. The second kappa shape index (κ2) is 12.9. The summed E-state index contributed by atoms with van der Waals surface area (Å²) in [5.74, 6) is -0.983. The Bertz CT molecular complexity index is 944. The molecule has 0 saturated carbocycles. The number of benzene rings is 1. The van der Waals surface area contributed by atoms with Crippen LogP contribution < -0.4 is 5.73 Å². The van der Waals surface area contributed by atoms with Gasteiger partial charge in [-0.15, -0.1) is 0 Å². The molecule has 34 heavy (non-hydrogen) atoms. The molecule has 2 unspecified atom stereocenters. The molecule has 0 amide bonds. The van der Waals surface area contributed by atoms with E-state index in [0.717, 1.165) is 36.2 Å². The normalized spacial score (nSPS) is 23.9. The van der Waals surface area contributed by atoms with Crippen LogP contribution in [0.15, 0.2) is 18.2 Å². The number of fused-ring (bicyclic) bond motifs is 1. The van der Waals surface area contributed by atoms with Gasteiger partial charge in [0.05, 0.1) is 17.4 Å². The van der Waals surface area contributed by atoms with E-state index in [-0.39, 0.29) is 12.0 Å². The van der Waals surface area contributed by atoms with Crippen LogP contribution in [0.1, 0.15) is 47.0 Å². The van der Waals surface area contributed by atoms with Crippen LogP contribution >= 0.6 is 0 Å². The average Bonchev–Trinajstić information content (AvgIpc) is 3.36. The van der Waals surface area contributed by atoms with Crippen LogP contribution in [0.3, 0.4) is 0 Å². The largest absolute Gasteiger partial charge is 0.385 e. The number of ether oxygens (including phenoxy) is 2. The van der Waals surface area contributed by atoms with Crippen LogP contribution in [0.25, 0.3) is 0 Å². The molecule has 1 aromatic heterocycles.